The Labute approximate surface area is 209 Å². The Kier molecular flexibility index (Phi) is 7.57. The summed E-state index contributed by atoms with van der Waals surface area (Å²) in [6, 6.07) is 0. The van der Waals surface area contributed by atoms with E-state index in [0.29, 0.717) is 60.3 Å². The largest absolute Gasteiger partial charge is 0.462 e. The molecule has 2 aromatic heterocycles. The molecule has 12 nitrogen and oxygen atoms in total. The van der Waals surface area contributed by atoms with Gasteiger partial charge in [0.25, 0.3) is 10.2 Å². The van der Waals surface area contributed by atoms with Gasteiger partial charge in [-0.25, -0.2) is 14.8 Å². The molecule has 4 rings (SSSR count). The first-order valence-corrected chi connectivity index (χ1v) is 13.7. The van der Waals surface area contributed by atoms with Gasteiger partial charge < -0.3 is 14.7 Å². The van der Waals surface area contributed by atoms with Gasteiger partial charge in [0.15, 0.2) is 5.13 Å². The molecule has 0 aliphatic carbocycles. The van der Waals surface area contributed by atoms with E-state index in [-0.39, 0.29) is 25.2 Å². The van der Waals surface area contributed by atoms with Crippen molar-refractivity contribution in [2.75, 3.05) is 50.6 Å². The number of rotatable bonds is 7. The second-order valence-corrected chi connectivity index (χ2v) is 11.8. The third-order valence-electron chi connectivity index (χ3n) is 6.04. The van der Waals surface area contributed by atoms with Crippen LogP contribution in [0.4, 0.5) is 16.9 Å². The molecule has 2 N–H and O–H groups in total. The standard InChI is InChI=1S/C21H31N7O5S2/c1-5-33-19(30)17-13(2)22-21(34-17)25-20-23-16-12-28(35(31,32)26(3)4)11-8-15(16)18(24-20)27-9-6-14(29)7-10-27/h14,29H,5-12H2,1-4H3,(H,22,23,24,25). The van der Waals surface area contributed by atoms with E-state index in [1.165, 1.54) is 22.7 Å². The Balaban J connectivity index is 1.69. The van der Waals surface area contributed by atoms with Crippen LogP contribution in [0.1, 0.15) is 46.4 Å². The fourth-order valence-electron chi connectivity index (χ4n) is 4.14. The zero-order valence-corrected chi connectivity index (χ0v) is 21.9. The predicted octanol–water partition coefficient (Wildman–Crippen LogP) is 1.29. The quantitative estimate of drug-likeness (QED) is 0.508. The normalized spacial score (nSPS) is 17.5. The maximum atomic E-state index is 12.8. The van der Waals surface area contributed by atoms with E-state index in [1.807, 2.05) is 0 Å². The average molecular weight is 526 g/mol. The van der Waals surface area contributed by atoms with Crippen molar-refractivity contribution < 1.29 is 23.1 Å². The number of hydrogen-bond donors (Lipinski definition) is 2. The molecule has 0 unspecified atom stereocenters. The fraction of sp³-hybridized carbons (Fsp3) is 0.619. The van der Waals surface area contributed by atoms with Crippen molar-refractivity contribution in [3.8, 4) is 0 Å². The summed E-state index contributed by atoms with van der Waals surface area (Å²) >= 11 is 1.15. The Morgan fingerprint density at radius 1 is 1.23 bits per heavy atom. The number of hydrogen-bond acceptors (Lipinski definition) is 11. The highest BCUT2D eigenvalue weighted by Crippen LogP contribution is 2.32. The molecule has 35 heavy (non-hydrogen) atoms. The lowest BCUT2D eigenvalue weighted by Crippen LogP contribution is -2.44. The molecule has 0 aromatic carbocycles. The second-order valence-electron chi connectivity index (χ2n) is 8.67. The van der Waals surface area contributed by atoms with Crippen LogP contribution in [0.5, 0.6) is 0 Å². The Morgan fingerprint density at radius 2 is 1.94 bits per heavy atom. The maximum absolute atomic E-state index is 12.8. The van der Waals surface area contributed by atoms with Crippen molar-refractivity contribution in [2.45, 2.75) is 45.8 Å². The van der Waals surface area contributed by atoms with Crippen molar-refractivity contribution >= 4 is 44.4 Å². The number of esters is 1. The molecule has 2 aliphatic heterocycles. The maximum Gasteiger partial charge on any atom is 0.350 e. The van der Waals surface area contributed by atoms with Gasteiger partial charge in [-0.2, -0.15) is 22.0 Å². The van der Waals surface area contributed by atoms with Gasteiger partial charge >= 0.3 is 5.97 Å². The Hall–Kier alpha value is -2.39. The van der Waals surface area contributed by atoms with E-state index in [1.54, 1.807) is 13.8 Å². The number of piperidine rings is 1. The van der Waals surface area contributed by atoms with Crippen LogP contribution in [-0.4, -0.2) is 89.5 Å². The Bertz CT molecular complexity index is 1190. The van der Waals surface area contributed by atoms with Crippen LogP contribution < -0.4 is 10.2 Å². The first-order valence-electron chi connectivity index (χ1n) is 11.5. The van der Waals surface area contributed by atoms with Crippen molar-refractivity contribution in [2.24, 2.45) is 0 Å². The van der Waals surface area contributed by atoms with Crippen molar-refractivity contribution in [3.05, 3.63) is 21.8 Å². The number of aliphatic hydroxyl groups excluding tert-OH is 1. The molecule has 192 valence electrons. The minimum atomic E-state index is -3.60. The number of aliphatic hydroxyl groups is 1. The van der Waals surface area contributed by atoms with E-state index in [9.17, 15) is 18.3 Å². The van der Waals surface area contributed by atoms with Gasteiger partial charge in [0.1, 0.15) is 10.7 Å². The molecule has 0 bridgehead atoms. The number of fused-ring (bicyclic) bond motifs is 1. The average Bonchev–Trinajstić information content (AvgIpc) is 3.18. The van der Waals surface area contributed by atoms with Crippen molar-refractivity contribution in [1.82, 2.24) is 23.6 Å². The zero-order valence-electron chi connectivity index (χ0n) is 20.3. The Morgan fingerprint density at radius 3 is 2.60 bits per heavy atom. The third-order valence-corrected chi connectivity index (χ3v) is 8.98. The van der Waals surface area contributed by atoms with Gasteiger partial charge in [-0.1, -0.05) is 11.3 Å². The summed E-state index contributed by atoms with van der Waals surface area (Å²) < 4.78 is 33.2. The van der Waals surface area contributed by atoms with E-state index in [4.69, 9.17) is 9.72 Å². The van der Waals surface area contributed by atoms with Crippen LogP contribution in [0.2, 0.25) is 0 Å². The van der Waals surface area contributed by atoms with Crippen LogP contribution >= 0.6 is 11.3 Å². The van der Waals surface area contributed by atoms with Gasteiger partial charge in [-0.15, -0.1) is 0 Å². The highest BCUT2D eigenvalue weighted by Gasteiger charge is 2.33. The minimum Gasteiger partial charge on any atom is -0.462 e. The molecule has 0 saturated carbocycles. The van der Waals surface area contributed by atoms with E-state index in [0.717, 1.165) is 22.7 Å². The number of anilines is 3. The van der Waals surface area contributed by atoms with Gasteiger partial charge in [-0.3, -0.25) is 5.32 Å². The summed E-state index contributed by atoms with van der Waals surface area (Å²) in [5.41, 5.74) is 2.08. The van der Waals surface area contributed by atoms with Crippen LogP contribution in [0.25, 0.3) is 0 Å². The molecule has 0 amide bonds. The highest BCUT2D eigenvalue weighted by molar-refractivity contribution is 7.86. The molecular weight excluding hydrogens is 494 g/mol. The third kappa shape index (κ3) is 5.40. The van der Waals surface area contributed by atoms with E-state index < -0.39 is 16.2 Å². The fourth-order valence-corrected chi connectivity index (χ4v) is 6.06. The summed E-state index contributed by atoms with van der Waals surface area (Å²) in [4.78, 5) is 28.5. The van der Waals surface area contributed by atoms with Crippen LogP contribution in [0.3, 0.4) is 0 Å². The van der Waals surface area contributed by atoms with Crippen molar-refractivity contribution in [3.63, 3.8) is 0 Å². The molecule has 0 atom stereocenters. The molecule has 1 fully saturated rings. The lowest BCUT2D eigenvalue weighted by molar-refractivity contribution is 0.0531. The summed E-state index contributed by atoms with van der Waals surface area (Å²) in [6.45, 7) is 5.50. The molecule has 14 heteroatoms. The number of carbonyl (C=O) groups is 1. The monoisotopic (exact) mass is 525 g/mol. The molecule has 4 heterocycles. The topological polar surface area (TPSA) is 141 Å². The molecular formula is C21H31N7O5S2. The summed E-state index contributed by atoms with van der Waals surface area (Å²) in [7, 11) is -0.583. The molecule has 0 spiro atoms. The van der Waals surface area contributed by atoms with E-state index in [2.05, 4.69) is 20.2 Å². The smallest absolute Gasteiger partial charge is 0.350 e. The SMILES string of the molecule is CCOC(=O)c1sc(Nc2nc3c(c(N4CCC(O)CC4)n2)CCN(S(=O)(=O)N(C)C)C3)nc1C. The number of thiazole rings is 1. The predicted molar refractivity (Wildman–Crippen MR) is 132 cm³/mol. The summed E-state index contributed by atoms with van der Waals surface area (Å²) in [5.74, 6) is 0.585. The highest BCUT2D eigenvalue weighted by atomic mass is 32.2. The van der Waals surface area contributed by atoms with Gasteiger partial charge in [0, 0.05) is 39.3 Å². The number of aryl methyl sites for hydroxylation is 1. The van der Waals surface area contributed by atoms with Crippen LogP contribution in [0, 0.1) is 6.92 Å². The number of ether oxygens (including phenoxy) is 1. The lowest BCUT2D eigenvalue weighted by Gasteiger charge is -2.35. The molecule has 2 aromatic rings. The first kappa shape index (κ1) is 25.7. The zero-order chi connectivity index (χ0) is 25.3. The van der Waals surface area contributed by atoms with Gasteiger partial charge in [-0.05, 0) is 33.1 Å². The number of carbonyl (C=O) groups excluding carboxylic acids is 1. The second kappa shape index (κ2) is 10.3. The number of nitrogens with one attached hydrogen (secondary N) is 1. The molecule has 1 saturated heterocycles. The van der Waals surface area contributed by atoms with Crippen molar-refractivity contribution in [1.29, 1.82) is 0 Å². The first-order chi connectivity index (χ1) is 16.6. The number of nitrogens with zero attached hydrogens (tertiary/aromatic N) is 6. The summed E-state index contributed by atoms with van der Waals surface area (Å²) in [5, 5.41) is 13.5. The lowest BCUT2D eigenvalue weighted by atomic mass is 10.0. The van der Waals surface area contributed by atoms with Gasteiger partial charge in [0.05, 0.1) is 30.6 Å². The molecule has 2 aliphatic rings. The van der Waals surface area contributed by atoms with Gasteiger partial charge in [0.2, 0.25) is 5.95 Å². The minimum absolute atomic E-state index is 0.126. The number of aromatic nitrogens is 3. The van der Waals surface area contributed by atoms with E-state index >= 15 is 0 Å². The van der Waals surface area contributed by atoms with Crippen LogP contribution in [-0.2, 0) is 27.9 Å². The molecule has 0 radical (unpaired) electrons. The summed E-state index contributed by atoms with van der Waals surface area (Å²) in [6.07, 6.45) is 1.43. The van der Waals surface area contributed by atoms with Crippen LogP contribution in [0.15, 0.2) is 0 Å².